The SMILES string of the molecule is CCCOCCS(=O)(=O)c1ccc(N)cc1C. The highest BCUT2D eigenvalue weighted by molar-refractivity contribution is 7.91. The Bertz CT molecular complexity index is 469. The van der Waals surface area contributed by atoms with Crippen molar-refractivity contribution in [3.63, 3.8) is 0 Å². The molecule has 0 bridgehead atoms. The van der Waals surface area contributed by atoms with Gasteiger partial charge in [0.25, 0.3) is 0 Å². The second-order valence-electron chi connectivity index (χ2n) is 3.96. The van der Waals surface area contributed by atoms with Crippen LogP contribution in [0.5, 0.6) is 0 Å². The topological polar surface area (TPSA) is 69.4 Å². The molecule has 96 valence electrons. The highest BCUT2D eigenvalue weighted by atomic mass is 32.2. The highest BCUT2D eigenvalue weighted by Gasteiger charge is 2.16. The molecule has 0 radical (unpaired) electrons. The second-order valence-corrected chi connectivity index (χ2v) is 6.03. The maximum absolute atomic E-state index is 12.0. The first-order valence-electron chi connectivity index (χ1n) is 5.64. The number of ether oxygens (including phenoxy) is 1. The molecule has 5 heteroatoms. The molecule has 0 fully saturated rings. The van der Waals surface area contributed by atoms with Crippen LogP contribution in [0.25, 0.3) is 0 Å². The average Bonchev–Trinajstić information content (AvgIpc) is 2.24. The summed E-state index contributed by atoms with van der Waals surface area (Å²) in [5, 5.41) is 0. The third kappa shape index (κ3) is 4.02. The molecule has 0 aromatic heterocycles. The van der Waals surface area contributed by atoms with Gasteiger partial charge in [-0.15, -0.1) is 0 Å². The number of hydrogen-bond donors (Lipinski definition) is 1. The van der Waals surface area contributed by atoms with Gasteiger partial charge in [0.2, 0.25) is 0 Å². The standard InChI is InChI=1S/C12H19NO3S/c1-3-6-16-7-8-17(14,15)12-5-4-11(13)9-10(12)2/h4-5,9H,3,6-8,13H2,1-2H3. The van der Waals surface area contributed by atoms with Gasteiger partial charge in [-0.25, -0.2) is 8.42 Å². The van der Waals surface area contributed by atoms with Crippen LogP contribution in [0.15, 0.2) is 23.1 Å². The summed E-state index contributed by atoms with van der Waals surface area (Å²) in [4.78, 5) is 0.340. The second kappa shape index (κ2) is 6.02. The predicted molar refractivity (Wildman–Crippen MR) is 68.8 cm³/mol. The molecule has 0 unspecified atom stereocenters. The van der Waals surface area contributed by atoms with Gasteiger partial charge in [0.05, 0.1) is 17.3 Å². The molecule has 0 aliphatic heterocycles. The summed E-state index contributed by atoms with van der Waals surface area (Å²) in [6.07, 6.45) is 0.890. The van der Waals surface area contributed by atoms with Crippen molar-refractivity contribution in [2.24, 2.45) is 0 Å². The molecule has 1 aromatic rings. The Morgan fingerprint density at radius 2 is 2.00 bits per heavy atom. The van der Waals surface area contributed by atoms with Crippen LogP contribution in [-0.4, -0.2) is 27.4 Å². The minimum Gasteiger partial charge on any atom is -0.399 e. The molecule has 4 nitrogen and oxygen atoms in total. The van der Waals surface area contributed by atoms with Gasteiger partial charge in [0.1, 0.15) is 0 Å². The Kier molecular flexibility index (Phi) is 4.96. The van der Waals surface area contributed by atoms with E-state index in [0.29, 0.717) is 22.8 Å². The molecule has 0 atom stereocenters. The Morgan fingerprint density at radius 3 is 2.59 bits per heavy atom. The van der Waals surface area contributed by atoms with Crippen molar-refractivity contribution in [2.75, 3.05) is 24.7 Å². The molecule has 0 aliphatic rings. The number of rotatable bonds is 6. The number of aryl methyl sites for hydroxylation is 1. The summed E-state index contributed by atoms with van der Waals surface area (Å²) in [6.45, 7) is 4.56. The number of nitrogen functional groups attached to an aromatic ring is 1. The van der Waals surface area contributed by atoms with Crippen LogP contribution in [0.1, 0.15) is 18.9 Å². The first kappa shape index (κ1) is 14.0. The Hall–Kier alpha value is -1.07. The quantitative estimate of drug-likeness (QED) is 0.623. The van der Waals surface area contributed by atoms with Gasteiger partial charge in [-0.1, -0.05) is 6.92 Å². The normalized spacial score (nSPS) is 11.6. The van der Waals surface area contributed by atoms with Gasteiger partial charge in [0, 0.05) is 12.3 Å². The number of anilines is 1. The Morgan fingerprint density at radius 1 is 1.29 bits per heavy atom. The molecule has 0 spiro atoms. The lowest BCUT2D eigenvalue weighted by molar-refractivity contribution is 0.149. The summed E-state index contributed by atoms with van der Waals surface area (Å²) < 4.78 is 29.2. The maximum Gasteiger partial charge on any atom is 0.180 e. The number of sulfone groups is 1. The van der Waals surface area contributed by atoms with E-state index >= 15 is 0 Å². The molecule has 0 saturated heterocycles. The zero-order valence-electron chi connectivity index (χ0n) is 10.3. The fraction of sp³-hybridized carbons (Fsp3) is 0.500. The molecule has 1 aromatic carbocycles. The van der Waals surface area contributed by atoms with Crippen molar-refractivity contribution in [1.29, 1.82) is 0 Å². The van der Waals surface area contributed by atoms with E-state index in [1.54, 1.807) is 25.1 Å². The zero-order valence-corrected chi connectivity index (χ0v) is 11.1. The fourth-order valence-corrected chi connectivity index (χ4v) is 2.93. The van der Waals surface area contributed by atoms with E-state index in [-0.39, 0.29) is 12.4 Å². The van der Waals surface area contributed by atoms with Crippen molar-refractivity contribution in [3.05, 3.63) is 23.8 Å². The van der Waals surface area contributed by atoms with Crippen molar-refractivity contribution >= 4 is 15.5 Å². The first-order valence-corrected chi connectivity index (χ1v) is 7.29. The number of hydrogen-bond acceptors (Lipinski definition) is 4. The van der Waals surface area contributed by atoms with E-state index < -0.39 is 9.84 Å². The number of benzene rings is 1. The molecule has 0 heterocycles. The lowest BCUT2D eigenvalue weighted by atomic mass is 10.2. The summed E-state index contributed by atoms with van der Waals surface area (Å²) in [5.74, 6) is 0.0117. The molecule has 0 amide bonds. The summed E-state index contributed by atoms with van der Waals surface area (Å²) in [6, 6.07) is 4.83. The van der Waals surface area contributed by atoms with Gasteiger partial charge < -0.3 is 10.5 Å². The van der Waals surface area contributed by atoms with Crippen molar-refractivity contribution < 1.29 is 13.2 Å². The Balaban J connectivity index is 2.76. The van der Waals surface area contributed by atoms with E-state index in [9.17, 15) is 8.42 Å². The van der Waals surface area contributed by atoms with Crippen molar-refractivity contribution in [2.45, 2.75) is 25.2 Å². The van der Waals surface area contributed by atoms with Crippen LogP contribution in [0.3, 0.4) is 0 Å². The summed E-state index contributed by atoms with van der Waals surface area (Å²) >= 11 is 0. The van der Waals surface area contributed by atoms with Crippen LogP contribution in [0, 0.1) is 6.92 Å². The molecular weight excluding hydrogens is 238 g/mol. The van der Waals surface area contributed by atoms with Crippen LogP contribution >= 0.6 is 0 Å². The van der Waals surface area contributed by atoms with Crippen molar-refractivity contribution in [1.82, 2.24) is 0 Å². The average molecular weight is 257 g/mol. The van der Waals surface area contributed by atoms with Crippen LogP contribution in [0.4, 0.5) is 5.69 Å². The van der Waals surface area contributed by atoms with Crippen LogP contribution in [-0.2, 0) is 14.6 Å². The van der Waals surface area contributed by atoms with Crippen molar-refractivity contribution in [3.8, 4) is 0 Å². The largest absolute Gasteiger partial charge is 0.399 e. The van der Waals surface area contributed by atoms with Gasteiger partial charge in [-0.3, -0.25) is 0 Å². The summed E-state index contributed by atoms with van der Waals surface area (Å²) in [5.41, 5.74) is 6.84. The molecule has 17 heavy (non-hydrogen) atoms. The van der Waals surface area contributed by atoms with Crippen LogP contribution < -0.4 is 5.73 Å². The smallest absolute Gasteiger partial charge is 0.180 e. The van der Waals surface area contributed by atoms with E-state index in [1.807, 2.05) is 6.92 Å². The molecule has 0 saturated carbocycles. The molecular formula is C12H19NO3S. The third-order valence-corrected chi connectivity index (χ3v) is 4.21. The monoisotopic (exact) mass is 257 g/mol. The molecule has 0 aliphatic carbocycles. The minimum absolute atomic E-state index is 0.0117. The lowest BCUT2D eigenvalue weighted by Gasteiger charge is -2.08. The Labute approximate surface area is 103 Å². The minimum atomic E-state index is -3.27. The zero-order chi connectivity index (χ0) is 12.9. The fourth-order valence-electron chi connectivity index (χ4n) is 1.55. The van der Waals surface area contributed by atoms with E-state index in [4.69, 9.17) is 10.5 Å². The lowest BCUT2D eigenvalue weighted by Crippen LogP contribution is -2.14. The van der Waals surface area contributed by atoms with Gasteiger partial charge in [-0.2, -0.15) is 0 Å². The van der Waals surface area contributed by atoms with Crippen LogP contribution in [0.2, 0.25) is 0 Å². The number of nitrogens with two attached hydrogens (primary N) is 1. The van der Waals surface area contributed by atoms with Gasteiger partial charge in [0.15, 0.2) is 9.84 Å². The van der Waals surface area contributed by atoms with E-state index in [0.717, 1.165) is 6.42 Å². The highest BCUT2D eigenvalue weighted by Crippen LogP contribution is 2.19. The van der Waals surface area contributed by atoms with E-state index in [1.165, 1.54) is 0 Å². The first-order chi connectivity index (χ1) is 7.97. The predicted octanol–water partition coefficient (Wildman–Crippen LogP) is 1.78. The third-order valence-electron chi connectivity index (χ3n) is 2.38. The molecule has 1 rings (SSSR count). The molecule has 2 N–H and O–H groups in total. The van der Waals surface area contributed by atoms with E-state index in [2.05, 4.69) is 0 Å². The maximum atomic E-state index is 12.0. The summed E-state index contributed by atoms with van der Waals surface area (Å²) in [7, 11) is -3.27. The van der Waals surface area contributed by atoms with Gasteiger partial charge in [-0.05, 0) is 37.1 Å². The van der Waals surface area contributed by atoms with Gasteiger partial charge >= 0.3 is 0 Å².